The van der Waals surface area contributed by atoms with Crippen molar-refractivity contribution in [1.82, 2.24) is 19.7 Å². The Labute approximate surface area is 164 Å². The number of H-pyrrole nitrogens is 1. The Balaban J connectivity index is 1.34. The summed E-state index contributed by atoms with van der Waals surface area (Å²) in [5.41, 5.74) is 2.46. The van der Waals surface area contributed by atoms with E-state index in [-0.39, 0.29) is 12.5 Å². The number of nitrogens with one attached hydrogen (secondary N) is 1. The highest BCUT2D eigenvalue weighted by molar-refractivity contribution is 6.35. The minimum absolute atomic E-state index is 0.000119. The molecule has 2 aliphatic heterocycles. The molecular weight excluding hydrogens is 356 g/mol. The highest BCUT2D eigenvalue weighted by atomic mass is 16.2. The van der Waals surface area contributed by atoms with Gasteiger partial charge in [0.15, 0.2) is 0 Å². The molecule has 0 unspecified atom stereocenters. The van der Waals surface area contributed by atoms with Gasteiger partial charge < -0.3 is 19.7 Å². The highest BCUT2D eigenvalue weighted by Crippen LogP contribution is 2.33. The van der Waals surface area contributed by atoms with Crippen LogP contribution >= 0.6 is 0 Å². The van der Waals surface area contributed by atoms with Gasteiger partial charge in [-0.15, -0.1) is 0 Å². The monoisotopic (exact) mass is 382 g/mol. The Kier molecular flexibility index (Phi) is 5.07. The van der Waals surface area contributed by atoms with Crippen molar-refractivity contribution in [2.75, 3.05) is 39.3 Å². The van der Waals surface area contributed by atoms with Gasteiger partial charge in [-0.3, -0.25) is 14.4 Å². The lowest BCUT2D eigenvalue weighted by Gasteiger charge is -2.36. The second-order valence-corrected chi connectivity index (χ2v) is 7.56. The lowest BCUT2D eigenvalue weighted by Crippen LogP contribution is -2.56. The summed E-state index contributed by atoms with van der Waals surface area (Å²) >= 11 is 0. The van der Waals surface area contributed by atoms with Crippen LogP contribution in [0.3, 0.4) is 0 Å². The second-order valence-electron chi connectivity index (χ2n) is 7.56. The number of aromatic nitrogens is 1. The van der Waals surface area contributed by atoms with Crippen molar-refractivity contribution >= 4 is 28.6 Å². The van der Waals surface area contributed by atoms with Gasteiger partial charge in [0.05, 0.1) is 0 Å². The van der Waals surface area contributed by atoms with Crippen molar-refractivity contribution in [2.24, 2.45) is 0 Å². The van der Waals surface area contributed by atoms with Gasteiger partial charge in [-0.25, -0.2) is 0 Å². The fourth-order valence-corrected chi connectivity index (χ4v) is 4.30. The van der Waals surface area contributed by atoms with Crippen LogP contribution in [0.4, 0.5) is 0 Å². The van der Waals surface area contributed by atoms with E-state index in [2.05, 4.69) is 29.4 Å². The zero-order chi connectivity index (χ0) is 19.7. The van der Waals surface area contributed by atoms with Crippen molar-refractivity contribution in [1.29, 1.82) is 0 Å². The minimum atomic E-state index is -0.560. The van der Waals surface area contributed by atoms with Gasteiger partial charge in [0.2, 0.25) is 5.91 Å². The molecule has 0 bridgehead atoms. The van der Waals surface area contributed by atoms with Gasteiger partial charge in [-0.1, -0.05) is 18.2 Å². The molecule has 0 radical (unpaired) electrons. The number of rotatable bonds is 4. The normalized spacial score (nSPS) is 19.0. The second kappa shape index (κ2) is 7.66. The van der Waals surface area contributed by atoms with Gasteiger partial charge in [-0.2, -0.15) is 0 Å². The molecule has 2 aromatic rings. The number of fused-ring (bicyclic) bond motifs is 1. The van der Waals surface area contributed by atoms with E-state index in [0.717, 1.165) is 18.4 Å². The van der Waals surface area contributed by atoms with Crippen LogP contribution in [0.1, 0.15) is 31.2 Å². The topological polar surface area (TPSA) is 76.7 Å². The Morgan fingerprint density at radius 2 is 1.71 bits per heavy atom. The molecule has 3 heterocycles. The third-order valence-electron chi connectivity index (χ3n) is 6.01. The molecule has 0 atom stereocenters. The first kappa shape index (κ1) is 18.5. The van der Waals surface area contributed by atoms with E-state index < -0.39 is 11.8 Å². The number of carbonyl (C=O) groups is 3. The van der Waals surface area contributed by atoms with Gasteiger partial charge in [0.1, 0.15) is 6.54 Å². The summed E-state index contributed by atoms with van der Waals surface area (Å²) in [4.78, 5) is 45.0. The van der Waals surface area contributed by atoms with Crippen LogP contribution in [0, 0.1) is 0 Å². The molecule has 1 aromatic heterocycles. The average Bonchev–Trinajstić information content (AvgIpc) is 3.16. The number of hydrogen-bond acceptors (Lipinski definition) is 3. The van der Waals surface area contributed by atoms with Crippen LogP contribution < -0.4 is 0 Å². The third kappa shape index (κ3) is 3.37. The highest BCUT2D eigenvalue weighted by Gasteiger charge is 2.34. The van der Waals surface area contributed by atoms with E-state index in [1.54, 1.807) is 0 Å². The van der Waals surface area contributed by atoms with Gasteiger partial charge in [-0.05, 0) is 37.3 Å². The lowest BCUT2D eigenvalue weighted by atomic mass is 9.89. The molecule has 148 valence electrons. The van der Waals surface area contributed by atoms with Crippen LogP contribution in [0.25, 0.3) is 10.9 Å². The predicted octanol–water partition coefficient (Wildman–Crippen LogP) is 1.56. The van der Waals surface area contributed by atoms with Crippen molar-refractivity contribution in [3.05, 3.63) is 36.0 Å². The molecule has 2 fully saturated rings. The van der Waals surface area contributed by atoms with Crippen molar-refractivity contribution in [3.8, 4) is 0 Å². The maximum Gasteiger partial charge on any atom is 0.312 e. The third-order valence-corrected chi connectivity index (χ3v) is 6.01. The van der Waals surface area contributed by atoms with E-state index in [1.165, 1.54) is 20.7 Å². The van der Waals surface area contributed by atoms with Crippen LogP contribution in [-0.2, 0) is 14.4 Å². The summed E-state index contributed by atoms with van der Waals surface area (Å²) in [6.45, 7) is 4.66. The number of piperidine rings is 1. The smallest absolute Gasteiger partial charge is 0.312 e. The van der Waals surface area contributed by atoms with E-state index in [0.29, 0.717) is 38.6 Å². The first-order valence-corrected chi connectivity index (χ1v) is 10.0. The Morgan fingerprint density at radius 3 is 2.46 bits per heavy atom. The van der Waals surface area contributed by atoms with Crippen molar-refractivity contribution in [2.45, 2.75) is 25.7 Å². The minimum Gasteiger partial charge on any atom is -0.361 e. The zero-order valence-corrected chi connectivity index (χ0v) is 16.2. The zero-order valence-electron chi connectivity index (χ0n) is 16.2. The summed E-state index contributed by atoms with van der Waals surface area (Å²) in [5, 5.41) is 1.25. The van der Waals surface area contributed by atoms with Gasteiger partial charge in [0, 0.05) is 49.8 Å². The number of nitrogens with zero attached hydrogens (tertiary/aromatic N) is 3. The number of benzene rings is 1. The summed E-state index contributed by atoms with van der Waals surface area (Å²) in [5.74, 6) is -0.699. The molecule has 1 N–H and O–H groups in total. The van der Waals surface area contributed by atoms with E-state index in [1.807, 2.05) is 17.9 Å². The van der Waals surface area contributed by atoms with E-state index >= 15 is 0 Å². The van der Waals surface area contributed by atoms with Crippen LogP contribution in [0.2, 0.25) is 0 Å². The quantitative estimate of drug-likeness (QED) is 0.816. The molecule has 3 amide bonds. The predicted molar refractivity (Wildman–Crippen MR) is 106 cm³/mol. The molecule has 0 saturated carbocycles. The number of amides is 3. The summed E-state index contributed by atoms with van der Waals surface area (Å²) in [6.07, 6.45) is 3.90. The Bertz CT molecular complexity index is 898. The summed E-state index contributed by atoms with van der Waals surface area (Å²) in [7, 11) is 0. The molecule has 0 aliphatic carbocycles. The van der Waals surface area contributed by atoms with Crippen molar-refractivity contribution in [3.63, 3.8) is 0 Å². The lowest BCUT2D eigenvalue weighted by molar-refractivity contribution is -0.157. The molecule has 2 aliphatic rings. The maximum absolute atomic E-state index is 12.7. The number of hydrogen-bond donors (Lipinski definition) is 1. The van der Waals surface area contributed by atoms with Gasteiger partial charge >= 0.3 is 11.8 Å². The molecule has 1 aromatic carbocycles. The van der Waals surface area contributed by atoms with Crippen LogP contribution in [0.5, 0.6) is 0 Å². The fourth-order valence-electron chi connectivity index (χ4n) is 4.30. The average molecular weight is 382 g/mol. The SMILES string of the molecule is CCN1CCN(CC(=O)N2CCC(c3c[nH]c4ccccc34)CC2)C(=O)C1=O. The Hall–Kier alpha value is -2.83. The molecule has 0 spiro atoms. The first-order chi connectivity index (χ1) is 13.6. The molecule has 7 nitrogen and oxygen atoms in total. The molecular formula is C21H26N4O3. The summed E-state index contributed by atoms with van der Waals surface area (Å²) in [6, 6.07) is 8.29. The molecule has 7 heteroatoms. The molecule has 4 rings (SSSR count). The van der Waals surface area contributed by atoms with E-state index in [9.17, 15) is 14.4 Å². The first-order valence-electron chi connectivity index (χ1n) is 10.0. The number of para-hydroxylation sites is 1. The fraction of sp³-hybridized carbons (Fsp3) is 0.476. The summed E-state index contributed by atoms with van der Waals surface area (Å²) < 4.78 is 0. The number of carbonyl (C=O) groups excluding carboxylic acids is 3. The van der Waals surface area contributed by atoms with Gasteiger partial charge in [0.25, 0.3) is 0 Å². The van der Waals surface area contributed by atoms with E-state index in [4.69, 9.17) is 0 Å². The Morgan fingerprint density at radius 1 is 1.04 bits per heavy atom. The molecule has 2 saturated heterocycles. The van der Waals surface area contributed by atoms with Crippen LogP contribution in [-0.4, -0.2) is 76.7 Å². The number of aromatic amines is 1. The van der Waals surface area contributed by atoms with Crippen molar-refractivity contribution < 1.29 is 14.4 Å². The molecule has 28 heavy (non-hydrogen) atoms. The number of likely N-dealkylation sites (tertiary alicyclic amines) is 1. The largest absolute Gasteiger partial charge is 0.361 e. The van der Waals surface area contributed by atoms with Crippen LogP contribution in [0.15, 0.2) is 30.5 Å². The standard InChI is InChI=1S/C21H26N4O3/c1-2-23-11-12-25(21(28)20(23)27)14-19(26)24-9-7-15(8-10-24)17-13-22-18-6-4-3-5-16(17)18/h3-6,13,15,22H,2,7-12,14H2,1H3. The number of likely N-dealkylation sites (N-methyl/N-ethyl adjacent to an activating group) is 1. The number of piperazine rings is 1. The maximum atomic E-state index is 12.7.